The zero-order chi connectivity index (χ0) is 21.8. The van der Waals surface area contributed by atoms with E-state index in [0.717, 1.165) is 11.6 Å². The molecule has 0 unspecified atom stereocenters. The molecule has 0 bridgehead atoms. The van der Waals surface area contributed by atoms with E-state index in [9.17, 15) is 9.18 Å². The summed E-state index contributed by atoms with van der Waals surface area (Å²) < 4.78 is 25.8. The fourth-order valence-electron chi connectivity index (χ4n) is 2.81. The van der Waals surface area contributed by atoms with Crippen LogP contribution in [0.5, 0.6) is 5.75 Å². The van der Waals surface area contributed by atoms with Gasteiger partial charge in [-0.1, -0.05) is 41.4 Å². The van der Waals surface area contributed by atoms with Crippen molar-refractivity contribution in [1.82, 2.24) is 9.78 Å². The van der Waals surface area contributed by atoms with E-state index in [2.05, 4.69) is 10.4 Å². The number of benzene rings is 2. The van der Waals surface area contributed by atoms with Gasteiger partial charge in [-0.3, -0.25) is 9.48 Å². The molecule has 31 heavy (non-hydrogen) atoms. The molecule has 0 fully saturated rings. The van der Waals surface area contributed by atoms with E-state index >= 15 is 0 Å². The summed E-state index contributed by atoms with van der Waals surface area (Å²) in [5.74, 6) is 0.302. The average Bonchev–Trinajstić information content (AvgIpc) is 3.39. The molecule has 1 amide bonds. The number of carbonyl (C=O) groups is 1. The number of nitrogens with zero attached hydrogens (tertiary/aromatic N) is 2. The number of rotatable bonds is 7. The number of aromatic nitrogens is 2. The fourth-order valence-corrected chi connectivity index (χ4v) is 3.23. The van der Waals surface area contributed by atoms with Crippen LogP contribution in [-0.4, -0.2) is 15.7 Å². The Morgan fingerprint density at radius 3 is 2.74 bits per heavy atom. The van der Waals surface area contributed by atoms with Gasteiger partial charge in [0, 0.05) is 17.3 Å². The predicted octanol–water partition coefficient (Wildman–Crippen LogP) is 5.80. The van der Waals surface area contributed by atoms with Gasteiger partial charge in [-0.25, -0.2) is 4.39 Å². The van der Waals surface area contributed by atoms with E-state index in [4.69, 9.17) is 32.4 Å². The highest BCUT2D eigenvalue weighted by molar-refractivity contribution is 6.32. The lowest BCUT2D eigenvalue weighted by Crippen LogP contribution is -2.12. The zero-order valence-corrected chi connectivity index (χ0v) is 17.5. The van der Waals surface area contributed by atoms with Crippen LogP contribution in [0, 0.1) is 5.82 Å². The van der Waals surface area contributed by atoms with Gasteiger partial charge >= 0.3 is 0 Å². The van der Waals surface area contributed by atoms with E-state index < -0.39 is 11.7 Å². The first-order valence-electron chi connectivity index (χ1n) is 9.23. The monoisotopic (exact) mass is 459 g/mol. The molecule has 0 aliphatic carbocycles. The van der Waals surface area contributed by atoms with E-state index in [-0.39, 0.29) is 17.4 Å². The van der Waals surface area contributed by atoms with Crippen LogP contribution >= 0.6 is 23.2 Å². The second kappa shape index (κ2) is 9.24. The Balaban J connectivity index is 1.35. The molecular weight excluding hydrogens is 444 g/mol. The maximum absolute atomic E-state index is 13.1. The number of amides is 1. The Bertz CT molecular complexity index is 1220. The molecular formula is C22H16Cl2FN3O3. The van der Waals surface area contributed by atoms with Gasteiger partial charge in [0.2, 0.25) is 0 Å². The number of hydrogen-bond donors (Lipinski definition) is 1. The first-order valence-corrected chi connectivity index (χ1v) is 9.98. The average molecular weight is 460 g/mol. The van der Waals surface area contributed by atoms with E-state index in [1.807, 2.05) is 24.3 Å². The molecule has 1 N–H and O–H groups in total. The van der Waals surface area contributed by atoms with E-state index in [1.54, 1.807) is 23.0 Å². The summed E-state index contributed by atoms with van der Waals surface area (Å²) in [5, 5.41) is 7.81. The molecule has 0 atom stereocenters. The van der Waals surface area contributed by atoms with Crippen LogP contribution in [0.1, 0.15) is 21.9 Å². The smallest absolute Gasteiger partial charge is 0.292 e. The highest BCUT2D eigenvalue weighted by Gasteiger charge is 2.14. The standard InChI is InChI=1S/C22H16Cl2FN3O3/c23-17-4-2-1-3-14(17)12-28-10-9-21(27-28)26-22(29)20-8-6-16(31-20)13-30-19-7-5-15(25)11-18(19)24/h1-11H,12-13H2,(H,26,27,29). The number of hydrogen-bond acceptors (Lipinski definition) is 4. The van der Waals surface area contributed by atoms with Crippen LogP contribution in [0.25, 0.3) is 0 Å². The van der Waals surface area contributed by atoms with Gasteiger partial charge in [0.05, 0.1) is 11.6 Å². The minimum Gasteiger partial charge on any atom is -0.484 e. The van der Waals surface area contributed by atoms with Gasteiger partial charge in [0.15, 0.2) is 11.6 Å². The van der Waals surface area contributed by atoms with Crippen molar-refractivity contribution in [2.45, 2.75) is 13.2 Å². The van der Waals surface area contributed by atoms with E-state index in [0.29, 0.717) is 28.9 Å². The van der Waals surface area contributed by atoms with Gasteiger partial charge in [-0.2, -0.15) is 5.10 Å². The van der Waals surface area contributed by atoms with Crippen LogP contribution < -0.4 is 10.1 Å². The lowest BCUT2D eigenvalue weighted by atomic mass is 10.2. The van der Waals surface area contributed by atoms with Crippen molar-refractivity contribution in [3.8, 4) is 5.75 Å². The highest BCUT2D eigenvalue weighted by Crippen LogP contribution is 2.26. The number of anilines is 1. The van der Waals surface area contributed by atoms with Crippen LogP contribution in [-0.2, 0) is 13.2 Å². The Hall–Kier alpha value is -3.29. The number of halogens is 3. The number of furan rings is 1. The summed E-state index contributed by atoms with van der Waals surface area (Å²) in [5.41, 5.74) is 0.919. The summed E-state index contributed by atoms with van der Waals surface area (Å²) in [7, 11) is 0. The molecule has 2 aromatic carbocycles. The number of nitrogens with one attached hydrogen (secondary N) is 1. The van der Waals surface area contributed by atoms with Crippen LogP contribution in [0.4, 0.5) is 10.2 Å². The number of carbonyl (C=O) groups excluding carboxylic acids is 1. The van der Waals surface area contributed by atoms with Crippen molar-refractivity contribution in [1.29, 1.82) is 0 Å². The minimum absolute atomic E-state index is 0.0328. The highest BCUT2D eigenvalue weighted by atomic mass is 35.5. The Kier molecular flexibility index (Phi) is 6.25. The normalized spacial score (nSPS) is 10.8. The largest absolute Gasteiger partial charge is 0.484 e. The first-order chi connectivity index (χ1) is 15.0. The topological polar surface area (TPSA) is 69.3 Å². The third kappa shape index (κ3) is 5.25. The molecule has 9 heteroatoms. The molecule has 2 heterocycles. The summed E-state index contributed by atoms with van der Waals surface area (Å²) in [6, 6.07) is 16.1. The maximum atomic E-state index is 13.1. The van der Waals surface area contributed by atoms with Crippen LogP contribution in [0.15, 0.2) is 71.3 Å². The fraction of sp³-hybridized carbons (Fsp3) is 0.0909. The molecule has 0 saturated heterocycles. The minimum atomic E-state index is -0.455. The molecule has 2 aromatic heterocycles. The van der Waals surface area contributed by atoms with Crippen molar-refractivity contribution in [3.05, 3.63) is 99.8 Å². The van der Waals surface area contributed by atoms with Gasteiger partial charge in [-0.05, 0) is 42.0 Å². The molecule has 4 rings (SSSR count). The van der Waals surface area contributed by atoms with Gasteiger partial charge in [0.1, 0.15) is 23.9 Å². The second-order valence-electron chi connectivity index (χ2n) is 6.57. The zero-order valence-electron chi connectivity index (χ0n) is 16.0. The van der Waals surface area contributed by atoms with Crippen molar-refractivity contribution in [2.24, 2.45) is 0 Å². The third-order valence-corrected chi connectivity index (χ3v) is 4.99. The quantitative estimate of drug-likeness (QED) is 0.379. The lowest BCUT2D eigenvalue weighted by Gasteiger charge is -2.06. The molecule has 0 saturated carbocycles. The molecule has 4 aromatic rings. The SMILES string of the molecule is O=C(Nc1ccn(Cc2ccccc2Cl)n1)c1ccc(COc2ccc(F)cc2Cl)o1. The van der Waals surface area contributed by atoms with Crippen molar-refractivity contribution in [3.63, 3.8) is 0 Å². The van der Waals surface area contributed by atoms with Gasteiger partial charge in [-0.15, -0.1) is 0 Å². The summed E-state index contributed by atoms with van der Waals surface area (Å²) in [6.45, 7) is 0.509. The summed E-state index contributed by atoms with van der Waals surface area (Å²) in [4.78, 5) is 12.4. The molecule has 6 nitrogen and oxygen atoms in total. The molecule has 158 valence electrons. The summed E-state index contributed by atoms with van der Waals surface area (Å²) >= 11 is 12.1. The Morgan fingerprint density at radius 1 is 1.10 bits per heavy atom. The molecule has 0 aliphatic rings. The Labute approximate surface area is 187 Å². The first kappa shape index (κ1) is 21.0. The van der Waals surface area contributed by atoms with Gasteiger partial charge < -0.3 is 14.5 Å². The maximum Gasteiger partial charge on any atom is 0.292 e. The Morgan fingerprint density at radius 2 is 1.94 bits per heavy atom. The molecule has 0 radical (unpaired) electrons. The van der Waals surface area contributed by atoms with Crippen molar-refractivity contribution < 1.29 is 18.3 Å². The van der Waals surface area contributed by atoms with Gasteiger partial charge in [0.25, 0.3) is 5.91 Å². The predicted molar refractivity (Wildman–Crippen MR) is 115 cm³/mol. The van der Waals surface area contributed by atoms with Crippen molar-refractivity contribution in [2.75, 3.05) is 5.32 Å². The summed E-state index contributed by atoms with van der Waals surface area (Å²) in [6.07, 6.45) is 1.74. The van der Waals surface area contributed by atoms with Crippen LogP contribution in [0.3, 0.4) is 0 Å². The number of ether oxygens (including phenoxy) is 1. The van der Waals surface area contributed by atoms with Crippen LogP contribution in [0.2, 0.25) is 10.0 Å². The van der Waals surface area contributed by atoms with Crippen molar-refractivity contribution >= 4 is 34.9 Å². The molecule has 0 aliphatic heterocycles. The lowest BCUT2D eigenvalue weighted by molar-refractivity contribution is 0.0992. The molecule has 0 spiro atoms. The third-order valence-electron chi connectivity index (χ3n) is 4.32. The van der Waals surface area contributed by atoms with E-state index in [1.165, 1.54) is 18.2 Å². The second-order valence-corrected chi connectivity index (χ2v) is 7.39.